The first-order chi connectivity index (χ1) is 10.4. The van der Waals surface area contributed by atoms with Gasteiger partial charge in [0.05, 0.1) is 10.6 Å². The van der Waals surface area contributed by atoms with Crippen LogP contribution >= 0.6 is 11.6 Å². The van der Waals surface area contributed by atoms with Crippen molar-refractivity contribution in [1.29, 1.82) is 0 Å². The highest BCUT2D eigenvalue weighted by molar-refractivity contribution is 7.90. The number of hydrogen-bond donors (Lipinski definition) is 0. The number of hydrogen-bond acceptors (Lipinski definition) is 3. The molecule has 1 aromatic carbocycles. The summed E-state index contributed by atoms with van der Waals surface area (Å²) < 4.78 is 23.0. The van der Waals surface area contributed by atoms with Gasteiger partial charge in [-0.2, -0.15) is 0 Å². The number of aromatic nitrogens is 1. The monoisotopic (exact) mass is 333 g/mol. The van der Waals surface area contributed by atoms with E-state index < -0.39 is 9.84 Å². The highest BCUT2D eigenvalue weighted by Gasteiger charge is 2.19. The van der Waals surface area contributed by atoms with E-state index in [9.17, 15) is 8.42 Å². The minimum absolute atomic E-state index is 0.253. The van der Waals surface area contributed by atoms with E-state index in [1.807, 2.05) is 24.3 Å². The van der Waals surface area contributed by atoms with Gasteiger partial charge in [0, 0.05) is 17.5 Å². The Morgan fingerprint density at radius 3 is 2.27 bits per heavy atom. The quantitative estimate of drug-likeness (QED) is 0.844. The first-order valence-corrected chi connectivity index (χ1v) is 9.36. The van der Waals surface area contributed by atoms with Crippen LogP contribution in [-0.4, -0.2) is 19.7 Å². The lowest BCUT2D eigenvalue weighted by molar-refractivity contribution is 0.601. The van der Waals surface area contributed by atoms with Crippen LogP contribution in [0.4, 0.5) is 0 Å². The lowest BCUT2D eigenvalue weighted by Crippen LogP contribution is -1.99. The lowest BCUT2D eigenvalue weighted by Gasteiger charge is -2.08. The number of nitrogens with zero attached hydrogens (tertiary/aromatic N) is 1. The zero-order chi connectivity index (χ0) is 15.7. The number of allylic oxidation sites excluding steroid dienone is 2. The van der Waals surface area contributed by atoms with Gasteiger partial charge < -0.3 is 0 Å². The zero-order valence-corrected chi connectivity index (χ0v) is 13.8. The van der Waals surface area contributed by atoms with Gasteiger partial charge in [-0.3, -0.25) is 4.98 Å². The minimum Gasteiger partial charge on any atom is -0.255 e. The molecule has 114 valence electrons. The van der Waals surface area contributed by atoms with Crippen molar-refractivity contribution in [3.63, 3.8) is 0 Å². The predicted octanol–water partition coefficient (Wildman–Crippen LogP) is 4.23. The molecule has 0 spiro atoms. The Balaban J connectivity index is 2.01. The fourth-order valence-electron chi connectivity index (χ4n) is 2.77. The molecule has 1 heterocycles. The fourth-order valence-corrected chi connectivity index (χ4v) is 3.46. The number of benzene rings is 1. The van der Waals surface area contributed by atoms with E-state index in [1.54, 1.807) is 12.1 Å². The van der Waals surface area contributed by atoms with Crippen molar-refractivity contribution in [2.45, 2.75) is 24.2 Å². The maximum atomic E-state index is 11.5. The van der Waals surface area contributed by atoms with Crippen molar-refractivity contribution < 1.29 is 8.42 Å². The van der Waals surface area contributed by atoms with Crippen LogP contribution < -0.4 is 0 Å². The summed E-state index contributed by atoms with van der Waals surface area (Å²) in [6.07, 6.45) is 5.69. The molecule has 0 amide bonds. The third-order valence-electron chi connectivity index (χ3n) is 3.88. The van der Waals surface area contributed by atoms with Crippen molar-refractivity contribution in [3.8, 4) is 0 Å². The Bertz CT molecular complexity index is 822. The SMILES string of the molecule is CS(=O)(=O)c1ccc(C2=C(c3ccc(Cl)cc3)CCC2)nc1. The number of rotatable bonds is 3. The molecule has 0 saturated heterocycles. The van der Waals surface area contributed by atoms with Gasteiger partial charge in [0.25, 0.3) is 0 Å². The molecular weight excluding hydrogens is 318 g/mol. The molecule has 0 unspecified atom stereocenters. The van der Waals surface area contributed by atoms with E-state index in [1.165, 1.54) is 23.6 Å². The van der Waals surface area contributed by atoms with Gasteiger partial charge in [-0.15, -0.1) is 0 Å². The molecule has 3 nitrogen and oxygen atoms in total. The van der Waals surface area contributed by atoms with Gasteiger partial charge >= 0.3 is 0 Å². The number of pyridine rings is 1. The third kappa shape index (κ3) is 3.08. The highest BCUT2D eigenvalue weighted by atomic mass is 35.5. The fraction of sp³-hybridized carbons (Fsp3) is 0.235. The molecule has 2 aromatic rings. The Morgan fingerprint density at radius 2 is 1.68 bits per heavy atom. The van der Waals surface area contributed by atoms with E-state index in [0.717, 1.165) is 35.5 Å². The summed E-state index contributed by atoms with van der Waals surface area (Å²) in [7, 11) is -3.21. The van der Waals surface area contributed by atoms with Gasteiger partial charge in [-0.1, -0.05) is 23.7 Å². The summed E-state index contributed by atoms with van der Waals surface area (Å²) in [4.78, 5) is 4.61. The topological polar surface area (TPSA) is 47.0 Å². The second-order valence-corrected chi connectivity index (χ2v) is 7.92. The first kappa shape index (κ1) is 15.3. The molecular formula is C17H16ClNO2S. The summed E-state index contributed by atoms with van der Waals surface area (Å²) in [6.45, 7) is 0. The van der Waals surface area contributed by atoms with Gasteiger partial charge in [-0.05, 0) is 60.2 Å². The zero-order valence-electron chi connectivity index (χ0n) is 12.2. The molecule has 5 heteroatoms. The van der Waals surface area contributed by atoms with Crippen molar-refractivity contribution in [2.75, 3.05) is 6.26 Å². The van der Waals surface area contributed by atoms with Crippen molar-refractivity contribution in [2.24, 2.45) is 0 Å². The van der Waals surface area contributed by atoms with E-state index in [4.69, 9.17) is 11.6 Å². The molecule has 1 aliphatic carbocycles. The Labute approximate surface area is 135 Å². The first-order valence-electron chi connectivity index (χ1n) is 7.09. The molecule has 22 heavy (non-hydrogen) atoms. The average Bonchev–Trinajstić information content (AvgIpc) is 2.97. The molecule has 0 bridgehead atoms. The molecule has 0 fully saturated rings. The molecule has 0 radical (unpaired) electrons. The summed E-state index contributed by atoms with van der Waals surface area (Å²) in [5, 5.41) is 0.722. The van der Waals surface area contributed by atoms with Crippen LogP contribution in [0.1, 0.15) is 30.5 Å². The van der Waals surface area contributed by atoms with Crippen LogP contribution in [0, 0.1) is 0 Å². The number of halogens is 1. The minimum atomic E-state index is -3.21. The van der Waals surface area contributed by atoms with Crippen molar-refractivity contribution in [1.82, 2.24) is 4.98 Å². The maximum Gasteiger partial charge on any atom is 0.177 e. The number of sulfone groups is 1. The van der Waals surface area contributed by atoms with Crippen molar-refractivity contribution >= 4 is 32.6 Å². The van der Waals surface area contributed by atoms with E-state index in [0.29, 0.717) is 0 Å². The standard InChI is InChI=1S/C17H16ClNO2S/c1-22(20,21)14-9-10-17(19-11-14)16-4-2-3-15(16)12-5-7-13(18)8-6-12/h5-11H,2-4H2,1H3. The second kappa shape index (κ2) is 5.86. The van der Waals surface area contributed by atoms with Gasteiger partial charge in [-0.25, -0.2) is 8.42 Å². The van der Waals surface area contributed by atoms with Crippen LogP contribution in [-0.2, 0) is 9.84 Å². The summed E-state index contributed by atoms with van der Waals surface area (Å²) in [5.74, 6) is 0. The second-order valence-electron chi connectivity index (χ2n) is 5.47. The predicted molar refractivity (Wildman–Crippen MR) is 89.5 cm³/mol. The van der Waals surface area contributed by atoms with E-state index in [2.05, 4.69) is 4.98 Å². The lowest BCUT2D eigenvalue weighted by atomic mass is 10.00. The highest BCUT2D eigenvalue weighted by Crippen LogP contribution is 2.39. The van der Waals surface area contributed by atoms with Gasteiger partial charge in [0.2, 0.25) is 0 Å². The molecule has 3 rings (SSSR count). The van der Waals surface area contributed by atoms with Crippen LogP contribution in [0.5, 0.6) is 0 Å². The average molecular weight is 334 g/mol. The van der Waals surface area contributed by atoms with E-state index >= 15 is 0 Å². The van der Waals surface area contributed by atoms with Crippen LogP contribution in [0.2, 0.25) is 5.02 Å². The molecule has 0 saturated carbocycles. The van der Waals surface area contributed by atoms with Gasteiger partial charge in [0.1, 0.15) is 0 Å². The molecule has 1 aliphatic rings. The largest absolute Gasteiger partial charge is 0.255 e. The summed E-state index contributed by atoms with van der Waals surface area (Å²) >= 11 is 5.95. The molecule has 0 N–H and O–H groups in total. The van der Waals surface area contributed by atoms with Crippen LogP contribution in [0.15, 0.2) is 47.5 Å². The van der Waals surface area contributed by atoms with Crippen LogP contribution in [0.3, 0.4) is 0 Å². The molecule has 0 atom stereocenters. The Morgan fingerprint density at radius 1 is 1.00 bits per heavy atom. The van der Waals surface area contributed by atoms with E-state index in [-0.39, 0.29) is 4.90 Å². The van der Waals surface area contributed by atoms with Gasteiger partial charge in [0.15, 0.2) is 9.84 Å². The van der Waals surface area contributed by atoms with Crippen molar-refractivity contribution in [3.05, 3.63) is 58.9 Å². The molecule has 1 aromatic heterocycles. The normalized spacial score (nSPS) is 15.4. The summed E-state index contributed by atoms with van der Waals surface area (Å²) in [5.41, 5.74) is 4.49. The van der Waals surface area contributed by atoms with Crippen LogP contribution in [0.25, 0.3) is 11.1 Å². The Hall–Kier alpha value is -1.65. The molecule has 0 aliphatic heterocycles. The maximum absolute atomic E-state index is 11.5. The summed E-state index contributed by atoms with van der Waals surface area (Å²) in [6, 6.07) is 11.2. The Kier molecular flexibility index (Phi) is 4.06. The smallest absolute Gasteiger partial charge is 0.177 e. The third-order valence-corrected chi connectivity index (χ3v) is 5.23.